The lowest BCUT2D eigenvalue weighted by Crippen LogP contribution is -2.29. The van der Waals surface area contributed by atoms with Crippen LogP contribution in [-0.4, -0.2) is 41.4 Å². The van der Waals surface area contributed by atoms with Crippen LogP contribution in [0.15, 0.2) is 59.3 Å². The normalized spacial score (nSPS) is 12.0. The highest BCUT2D eigenvalue weighted by molar-refractivity contribution is 5.94. The van der Waals surface area contributed by atoms with Crippen molar-refractivity contribution in [3.63, 3.8) is 0 Å². The third kappa shape index (κ3) is 4.44. The van der Waals surface area contributed by atoms with Crippen molar-refractivity contribution >= 4 is 18.0 Å². The molecule has 0 saturated carbocycles. The molecule has 0 fully saturated rings. The fraction of sp³-hybridized carbons (Fsp3) is 0.182. The first-order valence-electron chi connectivity index (χ1n) is 9.70. The SMILES string of the molecule is O=C(O)CONC(=O)c1conc1CNC(=O)OCC1c2ccccc2-c2ccccc21. The van der Waals surface area contributed by atoms with Crippen molar-refractivity contribution < 1.29 is 33.6 Å². The number of amides is 2. The van der Waals surface area contributed by atoms with Gasteiger partial charge in [-0.25, -0.2) is 15.1 Å². The van der Waals surface area contributed by atoms with Crippen molar-refractivity contribution in [1.82, 2.24) is 16.0 Å². The molecule has 1 aliphatic rings. The summed E-state index contributed by atoms with van der Waals surface area (Å²) in [7, 11) is 0. The van der Waals surface area contributed by atoms with Gasteiger partial charge in [0.2, 0.25) is 0 Å². The summed E-state index contributed by atoms with van der Waals surface area (Å²) in [5.74, 6) is -2.07. The number of ether oxygens (including phenoxy) is 1. The van der Waals surface area contributed by atoms with Gasteiger partial charge >= 0.3 is 12.1 Å². The monoisotopic (exact) mass is 437 g/mol. The van der Waals surface area contributed by atoms with E-state index in [1.807, 2.05) is 54.0 Å². The Morgan fingerprint density at radius 1 is 1.03 bits per heavy atom. The Bertz CT molecular complexity index is 1110. The molecule has 1 heterocycles. The van der Waals surface area contributed by atoms with E-state index in [4.69, 9.17) is 14.4 Å². The Labute approximate surface area is 182 Å². The molecule has 0 atom stereocenters. The number of nitrogens with one attached hydrogen (secondary N) is 2. The van der Waals surface area contributed by atoms with Crippen molar-refractivity contribution in [2.75, 3.05) is 13.2 Å². The zero-order chi connectivity index (χ0) is 22.5. The van der Waals surface area contributed by atoms with Gasteiger partial charge in [0.25, 0.3) is 5.91 Å². The Morgan fingerprint density at radius 2 is 1.69 bits per heavy atom. The van der Waals surface area contributed by atoms with Gasteiger partial charge in [0.05, 0.1) is 6.54 Å². The Morgan fingerprint density at radius 3 is 2.34 bits per heavy atom. The minimum absolute atomic E-state index is 0.00524. The second-order valence-electron chi connectivity index (χ2n) is 6.97. The Balaban J connectivity index is 1.33. The summed E-state index contributed by atoms with van der Waals surface area (Å²) in [6, 6.07) is 16.0. The second kappa shape index (κ2) is 9.31. The van der Waals surface area contributed by atoms with E-state index in [2.05, 4.69) is 15.3 Å². The van der Waals surface area contributed by atoms with Crippen LogP contribution in [-0.2, 0) is 20.9 Å². The molecular weight excluding hydrogens is 418 g/mol. The van der Waals surface area contributed by atoms with Crippen molar-refractivity contribution in [3.05, 3.63) is 77.2 Å². The van der Waals surface area contributed by atoms with Gasteiger partial charge in [-0.2, -0.15) is 0 Å². The molecule has 1 aliphatic carbocycles. The fourth-order valence-electron chi connectivity index (χ4n) is 3.60. The van der Waals surface area contributed by atoms with Crippen LogP contribution in [0.3, 0.4) is 0 Å². The van der Waals surface area contributed by atoms with Gasteiger partial charge in [0, 0.05) is 5.92 Å². The zero-order valence-corrected chi connectivity index (χ0v) is 16.7. The number of carbonyl (C=O) groups is 3. The molecule has 0 aliphatic heterocycles. The average molecular weight is 437 g/mol. The van der Waals surface area contributed by atoms with Gasteiger partial charge in [0.1, 0.15) is 24.1 Å². The molecule has 0 radical (unpaired) electrons. The molecule has 0 unspecified atom stereocenters. The molecule has 1 aromatic heterocycles. The quantitative estimate of drug-likeness (QED) is 0.457. The number of hydroxylamine groups is 1. The number of fused-ring (bicyclic) bond motifs is 3. The number of alkyl carbamates (subject to hydrolysis) is 1. The number of hydrogen-bond acceptors (Lipinski definition) is 7. The lowest BCUT2D eigenvalue weighted by molar-refractivity contribution is -0.144. The highest BCUT2D eigenvalue weighted by Gasteiger charge is 2.29. The largest absolute Gasteiger partial charge is 0.479 e. The maximum Gasteiger partial charge on any atom is 0.407 e. The van der Waals surface area contributed by atoms with Gasteiger partial charge in [-0.1, -0.05) is 53.7 Å². The minimum atomic E-state index is -1.24. The number of carbonyl (C=O) groups excluding carboxylic acids is 2. The maximum absolute atomic E-state index is 12.3. The van der Waals surface area contributed by atoms with Gasteiger partial charge in [-0.15, -0.1) is 0 Å². The van der Waals surface area contributed by atoms with Crippen LogP contribution in [0, 0.1) is 0 Å². The second-order valence-corrected chi connectivity index (χ2v) is 6.97. The van der Waals surface area contributed by atoms with Crippen LogP contribution >= 0.6 is 0 Å². The van der Waals surface area contributed by atoms with Crippen LogP contribution in [0.25, 0.3) is 11.1 Å². The van der Waals surface area contributed by atoms with Crippen LogP contribution in [0.2, 0.25) is 0 Å². The smallest absolute Gasteiger partial charge is 0.407 e. The summed E-state index contributed by atoms with van der Waals surface area (Å²) < 4.78 is 10.2. The molecule has 10 nitrogen and oxygen atoms in total. The van der Waals surface area contributed by atoms with E-state index in [9.17, 15) is 14.4 Å². The molecule has 3 aromatic rings. The molecule has 2 aromatic carbocycles. The highest BCUT2D eigenvalue weighted by Crippen LogP contribution is 2.44. The highest BCUT2D eigenvalue weighted by atomic mass is 16.7. The summed E-state index contributed by atoms with van der Waals surface area (Å²) >= 11 is 0. The molecule has 164 valence electrons. The molecule has 2 amide bonds. The maximum atomic E-state index is 12.3. The number of aromatic nitrogens is 1. The number of benzene rings is 2. The first-order valence-corrected chi connectivity index (χ1v) is 9.70. The number of hydrogen-bond donors (Lipinski definition) is 3. The van der Waals surface area contributed by atoms with E-state index in [-0.39, 0.29) is 30.3 Å². The Hall–Kier alpha value is -4.18. The van der Waals surface area contributed by atoms with Gasteiger partial charge in [-0.3, -0.25) is 9.63 Å². The molecule has 10 heteroatoms. The topological polar surface area (TPSA) is 140 Å². The average Bonchev–Trinajstić information content (AvgIpc) is 3.39. The molecule has 4 rings (SSSR count). The molecule has 32 heavy (non-hydrogen) atoms. The lowest BCUT2D eigenvalue weighted by Gasteiger charge is -2.14. The number of carboxylic acid groups (broad SMARTS) is 1. The van der Waals surface area contributed by atoms with Crippen molar-refractivity contribution in [2.45, 2.75) is 12.5 Å². The molecule has 0 saturated heterocycles. The number of nitrogens with zero attached hydrogens (tertiary/aromatic N) is 1. The fourth-order valence-corrected chi connectivity index (χ4v) is 3.60. The minimum Gasteiger partial charge on any atom is -0.479 e. The predicted molar refractivity (Wildman–Crippen MR) is 109 cm³/mol. The van der Waals surface area contributed by atoms with Gasteiger partial charge in [0.15, 0.2) is 6.61 Å². The van der Waals surface area contributed by atoms with Crippen LogP contribution < -0.4 is 10.8 Å². The summed E-state index contributed by atoms with van der Waals surface area (Å²) in [4.78, 5) is 39.2. The van der Waals surface area contributed by atoms with E-state index in [0.717, 1.165) is 28.5 Å². The Kier molecular flexibility index (Phi) is 6.13. The third-order valence-corrected chi connectivity index (χ3v) is 4.99. The van der Waals surface area contributed by atoms with Crippen LogP contribution in [0.4, 0.5) is 4.79 Å². The lowest BCUT2D eigenvalue weighted by atomic mass is 9.98. The number of carboxylic acids is 1. The summed E-state index contributed by atoms with van der Waals surface area (Å²) in [6.07, 6.45) is 0.386. The predicted octanol–water partition coefficient (Wildman–Crippen LogP) is 2.46. The molecular formula is C22H19N3O7. The molecule has 3 N–H and O–H groups in total. The third-order valence-electron chi connectivity index (χ3n) is 4.99. The van der Waals surface area contributed by atoms with Gasteiger partial charge < -0.3 is 19.7 Å². The van der Waals surface area contributed by atoms with E-state index in [1.54, 1.807) is 0 Å². The summed E-state index contributed by atoms with van der Waals surface area (Å²) in [5.41, 5.74) is 6.53. The zero-order valence-electron chi connectivity index (χ0n) is 16.7. The van der Waals surface area contributed by atoms with E-state index >= 15 is 0 Å². The summed E-state index contributed by atoms with van der Waals surface area (Å²) in [5, 5.41) is 14.7. The van der Waals surface area contributed by atoms with Crippen molar-refractivity contribution in [2.24, 2.45) is 0 Å². The molecule has 0 bridgehead atoms. The number of aliphatic carboxylic acids is 1. The number of rotatable bonds is 8. The van der Waals surface area contributed by atoms with E-state index in [1.165, 1.54) is 0 Å². The van der Waals surface area contributed by atoms with Crippen molar-refractivity contribution in [3.8, 4) is 11.1 Å². The van der Waals surface area contributed by atoms with Crippen molar-refractivity contribution in [1.29, 1.82) is 0 Å². The van der Waals surface area contributed by atoms with E-state index in [0.29, 0.717) is 0 Å². The van der Waals surface area contributed by atoms with E-state index < -0.39 is 24.6 Å². The molecule has 0 spiro atoms. The van der Waals surface area contributed by atoms with Crippen LogP contribution in [0.5, 0.6) is 0 Å². The van der Waals surface area contributed by atoms with Gasteiger partial charge in [-0.05, 0) is 22.3 Å². The summed E-state index contributed by atoms with van der Waals surface area (Å²) in [6.45, 7) is -0.686. The first kappa shape index (κ1) is 21.1. The standard InChI is InChI=1S/C22H19N3O7/c26-20(27)12-32-25-21(28)18-11-31-24-19(18)9-23-22(29)30-10-17-15-7-3-1-5-13(15)14-6-2-4-8-16(14)17/h1-8,11,17H,9-10,12H2,(H,23,29)(H,25,28)(H,26,27). The van der Waals surface area contributed by atoms with Crippen LogP contribution in [0.1, 0.15) is 33.1 Å². The first-order chi connectivity index (χ1) is 15.5.